The van der Waals surface area contributed by atoms with Gasteiger partial charge in [-0.15, -0.1) is 0 Å². The van der Waals surface area contributed by atoms with Crippen LogP contribution in [0.2, 0.25) is 0 Å². The Labute approximate surface area is 189 Å². The first kappa shape index (κ1) is 20.8. The molecule has 0 bridgehead atoms. The van der Waals surface area contributed by atoms with E-state index in [1.165, 1.54) is 12.1 Å². The van der Waals surface area contributed by atoms with Gasteiger partial charge < -0.3 is 24.4 Å². The van der Waals surface area contributed by atoms with Crippen molar-refractivity contribution in [2.75, 3.05) is 6.61 Å². The molecule has 0 amide bonds. The van der Waals surface area contributed by atoms with Crippen LogP contribution < -0.4 is 14.2 Å². The van der Waals surface area contributed by atoms with Crippen molar-refractivity contribution in [1.29, 1.82) is 0 Å². The minimum Gasteiger partial charge on any atom is -0.493 e. The number of para-hydroxylation sites is 1. The van der Waals surface area contributed by atoms with Crippen LogP contribution in [0.3, 0.4) is 0 Å². The molecule has 0 saturated heterocycles. The zero-order chi connectivity index (χ0) is 22.8. The van der Waals surface area contributed by atoms with E-state index in [4.69, 9.17) is 14.2 Å². The molecule has 4 aromatic rings. The Bertz CT molecular complexity index is 1320. The molecule has 33 heavy (non-hydrogen) atoms. The maximum Gasteiger partial charge on any atom is 0.335 e. The molecule has 0 radical (unpaired) electrons. The molecule has 7 heteroatoms. The average Bonchev–Trinajstić information content (AvgIpc) is 2.98. The molecule has 1 aromatic heterocycles. The molecule has 2 N–H and O–H groups in total. The van der Waals surface area contributed by atoms with E-state index in [1.54, 1.807) is 36.4 Å². The van der Waals surface area contributed by atoms with Crippen LogP contribution in [0.4, 0.5) is 0 Å². The second-order valence-corrected chi connectivity index (χ2v) is 7.72. The van der Waals surface area contributed by atoms with E-state index < -0.39 is 18.2 Å². The predicted octanol–water partition coefficient (Wildman–Crippen LogP) is 4.99. The van der Waals surface area contributed by atoms with Crippen LogP contribution in [0.25, 0.3) is 10.9 Å². The van der Waals surface area contributed by atoms with Crippen molar-refractivity contribution in [3.05, 3.63) is 90.0 Å². The molecule has 2 heterocycles. The Morgan fingerprint density at radius 1 is 0.970 bits per heavy atom. The standard InChI is InChI=1S/C26H21NO6/c28-25-20-15-19(33-24-11-8-16-4-1-2-7-21(16)27-24)9-10-22(20)31-13-12-23(25)32-18-6-3-5-17(14-18)26(29)30/h1-11,14-15,23,25,28H,12-13H2,(H,29,30)/t23-,25+/m0/s1. The predicted molar refractivity (Wildman–Crippen MR) is 121 cm³/mol. The summed E-state index contributed by atoms with van der Waals surface area (Å²) in [5, 5.41) is 21.3. The van der Waals surface area contributed by atoms with Gasteiger partial charge in [0.1, 0.15) is 29.5 Å². The minimum absolute atomic E-state index is 0.117. The summed E-state index contributed by atoms with van der Waals surface area (Å²) in [6.07, 6.45) is -1.19. The number of pyridine rings is 1. The van der Waals surface area contributed by atoms with Crippen molar-refractivity contribution in [3.63, 3.8) is 0 Å². The molecular formula is C26H21NO6. The fourth-order valence-electron chi connectivity index (χ4n) is 3.82. The summed E-state index contributed by atoms with van der Waals surface area (Å²) in [6, 6.07) is 22.9. The summed E-state index contributed by atoms with van der Waals surface area (Å²) in [6.45, 7) is 0.347. The van der Waals surface area contributed by atoms with E-state index in [2.05, 4.69) is 4.98 Å². The number of rotatable bonds is 5. The number of hydrogen-bond acceptors (Lipinski definition) is 6. The highest BCUT2D eigenvalue weighted by Gasteiger charge is 2.29. The quantitative estimate of drug-likeness (QED) is 0.448. The third-order valence-electron chi connectivity index (χ3n) is 5.48. The van der Waals surface area contributed by atoms with Gasteiger partial charge in [-0.3, -0.25) is 0 Å². The highest BCUT2D eigenvalue weighted by Crippen LogP contribution is 2.37. The molecule has 1 aliphatic rings. The zero-order valence-electron chi connectivity index (χ0n) is 17.5. The van der Waals surface area contributed by atoms with E-state index in [1.807, 2.05) is 30.3 Å². The lowest BCUT2D eigenvalue weighted by atomic mass is 10.0. The van der Waals surface area contributed by atoms with Gasteiger partial charge in [0.25, 0.3) is 0 Å². The number of carbonyl (C=O) groups is 1. The van der Waals surface area contributed by atoms with Crippen molar-refractivity contribution in [1.82, 2.24) is 4.98 Å². The first-order valence-corrected chi connectivity index (χ1v) is 10.6. The van der Waals surface area contributed by atoms with Crippen molar-refractivity contribution in [2.24, 2.45) is 0 Å². The summed E-state index contributed by atoms with van der Waals surface area (Å²) in [4.78, 5) is 15.8. The van der Waals surface area contributed by atoms with Gasteiger partial charge in [-0.1, -0.05) is 24.3 Å². The first-order valence-electron chi connectivity index (χ1n) is 10.6. The molecule has 7 nitrogen and oxygen atoms in total. The largest absolute Gasteiger partial charge is 0.493 e. The summed E-state index contributed by atoms with van der Waals surface area (Å²) in [7, 11) is 0. The molecule has 1 aliphatic heterocycles. The molecule has 0 fully saturated rings. The van der Waals surface area contributed by atoms with Crippen LogP contribution in [-0.2, 0) is 0 Å². The number of nitrogens with zero attached hydrogens (tertiary/aromatic N) is 1. The van der Waals surface area contributed by atoms with Gasteiger partial charge >= 0.3 is 5.97 Å². The second-order valence-electron chi connectivity index (χ2n) is 7.72. The number of aromatic carboxylic acids is 1. The molecule has 0 saturated carbocycles. The number of ether oxygens (including phenoxy) is 3. The Balaban J connectivity index is 1.39. The number of carboxylic acids is 1. The van der Waals surface area contributed by atoms with Gasteiger partial charge in [0.15, 0.2) is 0 Å². The fraction of sp³-hybridized carbons (Fsp3) is 0.154. The van der Waals surface area contributed by atoms with E-state index in [0.29, 0.717) is 41.7 Å². The molecule has 0 unspecified atom stereocenters. The van der Waals surface area contributed by atoms with Gasteiger partial charge in [-0.05, 0) is 48.5 Å². The maximum atomic E-state index is 11.2. The average molecular weight is 443 g/mol. The van der Waals surface area contributed by atoms with Gasteiger partial charge in [0, 0.05) is 23.4 Å². The lowest BCUT2D eigenvalue weighted by Gasteiger charge is -2.22. The number of aliphatic hydroxyl groups is 1. The lowest BCUT2D eigenvalue weighted by molar-refractivity contribution is 0.0311. The van der Waals surface area contributed by atoms with Crippen LogP contribution in [0, 0.1) is 0 Å². The lowest BCUT2D eigenvalue weighted by Crippen LogP contribution is -2.25. The van der Waals surface area contributed by atoms with E-state index in [-0.39, 0.29) is 5.56 Å². The maximum absolute atomic E-state index is 11.2. The van der Waals surface area contributed by atoms with Crippen LogP contribution in [0.1, 0.15) is 28.4 Å². The summed E-state index contributed by atoms with van der Waals surface area (Å²) >= 11 is 0. The van der Waals surface area contributed by atoms with Gasteiger partial charge in [0.2, 0.25) is 5.88 Å². The highest BCUT2D eigenvalue weighted by molar-refractivity contribution is 5.88. The molecule has 0 aliphatic carbocycles. The van der Waals surface area contributed by atoms with Gasteiger partial charge in [-0.2, -0.15) is 0 Å². The minimum atomic E-state index is -1.04. The topological polar surface area (TPSA) is 98.1 Å². The van der Waals surface area contributed by atoms with E-state index in [9.17, 15) is 15.0 Å². The highest BCUT2D eigenvalue weighted by atomic mass is 16.5. The van der Waals surface area contributed by atoms with Crippen molar-refractivity contribution >= 4 is 16.9 Å². The third-order valence-corrected chi connectivity index (χ3v) is 5.48. The van der Waals surface area contributed by atoms with Gasteiger partial charge in [-0.25, -0.2) is 9.78 Å². The Hall–Kier alpha value is -4.10. The van der Waals surface area contributed by atoms with Crippen molar-refractivity contribution < 1.29 is 29.2 Å². The number of fused-ring (bicyclic) bond motifs is 2. The molecule has 0 spiro atoms. The fourth-order valence-corrected chi connectivity index (χ4v) is 3.82. The third kappa shape index (κ3) is 4.44. The summed E-state index contributed by atoms with van der Waals surface area (Å²) in [5.74, 6) is 0.824. The van der Waals surface area contributed by atoms with Crippen LogP contribution >= 0.6 is 0 Å². The normalized spacial score (nSPS) is 17.5. The number of hydrogen-bond donors (Lipinski definition) is 2. The van der Waals surface area contributed by atoms with Crippen molar-refractivity contribution in [2.45, 2.75) is 18.6 Å². The molecule has 5 rings (SSSR count). The number of benzene rings is 3. The number of carboxylic acid groups (broad SMARTS) is 1. The number of aromatic nitrogens is 1. The van der Waals surface area contributed by atoms with Crippen LogP contribution in [-0.4, -0.2) is 33.9 Å². The summed E-state index contributed by atoms with van der Waals surface area (Å²) in [5.41, 5.74) is 1.47. The molecule has 3 aromatic carbocycles. The molecule has 2 atom stereocenters. The monoisotopic (exact) mass is 443 g/mol. The molecular weight excluding hydrogens is 422 g/mol. The van der Waals surface area contributed by atoms with E-state index >= 15 is 0 Å². The van der Waals surface area contributed by atoms with E-state index in [0.717, 1.165) is 10.9 Å². The Morgan fingerprint density at radius 3 is 2.73 bits per heavy atom. The van der Waals surface area contributed by atoms with Crippen molar-refractivity contribution in [3.8, 4) is 23.1 Å². The Morgan fingerprint density at radius 2 is 1.85 bits per heavy atom. The smallest absolute Gasteiger partial charge is 0.335 e. The summed E-state index contributed by atoms with van der Waals surface area (Å²) < 4.78 is 17.7. The number of aliphatic hydroxyl groups excluding tert-OH is 1. The van der Waals surface area contributed by atoms with Gasteiger partial charge in [0.05, 0.1) is 17.7 Å². The SMILES string of the molecule is O=C(O)c1cccc(O[C@H]2CCOc3ccc(Oc4ccc5ccccc5n4)cc3[C@H]2O)c1. The zero-order valence-corrected chi connectivity index (χ0v) is 17.5. The Kier molecular flexibility index (Phi) is 5.54. The first-order chi connectivity index (χ1) is 16.1. The van der Waals surface area contributed by atoms with Crippen LogP contribution in [0.5, 0.6) is 23.1 Å². The molecule has 166 valence electrons. The van der Waals surface area contributed by atoms with Crippen LogP contribution in [0.15, 0.2) is 78.9 Å². The second kappa shape index (κ2) is 8.80.